The second-order valence-electron chi connectivity index (χ2n) is 5.94. The fourth-order valence-electron chi connectivity index (χ4n) is 3.12. The summed E-state index contributed by atoms with van der Waals surface area (Å²) in [5.41, 5.74) is 2.53. The number of halogens is 1. The van der Waals surface area contributed by atoms with E-state index in [0.29, 0.717) is 24.5 Å². The quantitative estimate of drug-likeness (QED) is 0.938. The van der Waals surface area contributed by atoms with Crippen molar-refractivity contribution in [3.63, 3.8) is 0 Å². The van der Waals surface area contributed by atoms with E-state index in [-0.39, 0.29) is 0 Å². The van der Waals surface area contributed by atoms with Gasteiger partial charge in [-0.1, -0.05) is 15.9 Å². The van der Waals surface area contributed by atoms with E-state index in [4.69, 9.17) is 5.10 Å². The summed E-state index contributed by atoms with van der Waals surface area (Å²) in [6.07, 6.45) is 4.69. The molecule has 2 aromatic rings. The molecule has 1 aromatic carbocycles. The molecule has 2 aliphatic carbocycles. The molecule has 2 fully saturated rings. The van der Waals surface area contributed by atoms with E-state index in [1.165, 1.54) is 29.4 Å². The molecule has 0 radical (unpaired) electrons. The Kier molecular flexibility index (Phi) is 2.71. The Morgan fingerprint density at radius 3 is 2.79 bits per heavy atom. The molecule has 0 spiro atoms. The van der Waals surface area contributed by atoms with Gasteiger partial charge < -0.3 is 5.11 Å². The van der Waals surface area contributed by atoms with Gasteiger partial charge in [0.15, 0.2) is 0 Å². The molecule has 1 aromatic heterocycles. The Bertz CT molecular complexity index is 626. The molecule has 19 heavy (non-hydrogen) atoms. The number of nitrogens with zero attached hydrogens (tertiary/aromatic N) is 2. The van der Waals surface area contributed by atoms with E-state index in [0.717, 1.165) is 17.3 Å². The van der Waals surface area contributed by atoms with Crippen LogP contribution >= 0.6 is 15.9 Å². The number of hydrogen-bond donors (Lipinski definition) is 1. The van der Waals surface area contributed by atoms with Gasteiger partial charge in [0, 0.05) is 22.4 Å². The van der Waals surface area contributed by atoms with Gasteiger partial charge in [0.05, 0.1) is 17.3 Å². The molecule has 3 nitrogen and oxygen atoms in total. The Morgan fingerprint density at radius 1 is 1.32 bits per heavy atom. The first kappa shape index (κ1) is 11.9. The second kappa shape index (κ2) is 4.32. The Hall–Kier alpha value is -0.870. The summed E-state index contributed by atoms with van der Waals surface area (Å²) in [6, 6.07) is 6.96. The normalized spacial score (nSPS) is 26.6. The second-order valence-corrected chi connectivity index (χ2v) is 6.86. The minimum atomic E-state index is 0.314. The molecule has 0 unspecified atom stereocenters. The number of fused-ring (bicyclic) bond motifs is 1. The lowest BCUT2D eigenvalue weighted by Gasteiger charge is -2.34. The van der Waals surface area contributed by atoms with Crippen molar-refractivity contribution < 1.29 is 5.11 Å². The molecule has 0 saturated heterocycles. The highest BCUT2D eigenvalue weighted by molar-refractivity contribution is 9.10. The van der Waals surface area contributed by atoms with Crippen LogP contribution in [0, 0.1) is 5.92 Å². The van der Waals surface area contributed by atoms with E-state index in [1.807, 2.05) is 0 Å². The Morgan fingerprint density at radius 2 is 2.11 bits per heavy atom. The standard InChI is InChI=1S/C15H17BrN2O/c16-11-3-4-13-14(7-11)18(12-5-9(6-12)8-19)17-15(13)10-1-2-10/h3-4,7,9-10,12,19H,1-2,5-6,8H2/t9-,12-. The first-order chi connectivity index (χ1) is 9.26. The van der Waals surface area contributed by atoms with Gasteiger partial charge in [0.25, 0.3) is 0 Å². The fraction of sp³-hybridized carbons (Fsp3) is 0.533. The summed E-state index contributed by atoms with van der Waals surface area (Å²) in [7, 11) is 0. The summed E-state index contributed by atoms with van der Waals surface area (Å²) in [4.78, 5) is 0. The van der Waals surface area contributed by atoms with Crippen molar-refractivity contribution in [2.45, 2.75) is 37.6 Å². The average Bonchev–Trinajstić information content (AvgIpc) is 3.12. The average molecular weight is 321 g/mol. The van der Waals surface area contributed by atoms with Crippen LogP contribution in [0.3, 0.4) is 0 Å². The summed E-state index contributed by atoms with van der Waals surface area (Å²) in [5.74, 6) is 1.15. The van der Waals surface area contributed by atoms with Gasteiger partial charge in [-0.25, -0.2) is 0 Å². The van der Waals surface area contributed by atoms with Crippen molar-refractivity contribution >= 4 is 26.8 Å². The third-order valence-electron chi connectivity index (χ3n) is 4.48. The lowest BCUT2D eigenvalue weighted by molar-refractivity contribution is 0.108. The van der Waals surface area contributed by atoms with Crippen LogP contribution in [0.15, 0.2) is 22.7 Å². The van der Waals surface area contributed by atoms with Gasteiger partial charge in [0.2, 0.25) is 0 Å². The van der Waals surface area contributed by atoms with Crippen LogP contribution in [0.25, 0.3) is 10.9 Å². The predicted molar refractivity (Wildman–Crippen MR) is 78.3 cm³/mol. The third-order valence-corrected chi connectivity index (χ3v) is 4.97. The molecule has 100 valence electrons. The van der Waals surface area contributed by atoms with E-state index in [2.05, 4.69) is 38.8 Å². The van der Waals surface area contributed by atoms with Crippen LogP contribution in [0.1, 0.15) is 43.3 Å². The summed E-state index contributed by atoms with van der Waals surface area (Å²) in [5, 5.41) is 15.4. The van der Waals surface area contributed by atoms with Crippen LogP contribution in [0.4, 0.5) is 0 Å². The minimum absolute atomic E-state index is 0.314. The highest BCUT2D eigenvalue weighted by Crippen LogP contribution is 2.45. The SMILES string of the molecule is OC[C@H]1C[C@H](n2nc(C3CC3)c3ccc(Br)cc32)C1. The molecule has 2 aliphatic rings. The molecule has 0 aliphatic heterocycles. The van der Waals surface area contributed by atoms with Crippen LogP contribution in [-0.4, -0.2) is 21.5 Å². The largest absolute Gasteiger partial charge is 0.396 e. The zero-order valence-corrected chi connectivity index (χ0v) is 12.3. The number of benzene rings is 1. The molecule has 0 amide bonds. The topological polar surface area (TPSA) is 38.0 Å². The Labute approximate surface area is 120 Å². The van der Waals surface area contributed by atoms with Gasteiger partial charge >= 0.3 is 0 Å². The lowest BCUT2D eigenvalue weighted by Crippen LogP contribution is -2.29. The maximum atomic E-state index is 9.17. The molecule has 0 bridgehead atoms. The number of aromatic nitrogens is 2. The summed E-state index contributed by atoms with van der Waals surface area (Å²) >= 11 is 3.56. The number of aliphatic hydroxyl groups excluding tert-OH is 1. The smallest absolute Gasteiger partial charge is 0.0734 e. The van der Waals surface area contributed by atoms with Gasteiger partial charge in [-0.05, 0) is 49.8 Å². The number of rotatable bonds is 3. The molecular weight excluding hydrogens is 304 g/mol. The highest BCUT2D eigenvalue weighted by Gasteiger charge is 2.34. The molecule has 4 rings (SSSR count). The van der Waals surface area contributed by atoms with Crippen LogP contribution in [0.5, 0.6) is 0 Å². The van der Waals surface area contributed by atoms with Gasteiger partial charge in [-0.15, -0.1) is 0 Å². The zero-order valence-electron chi connectivity index (χ0n) is 10.7. The predicted octanol–water partition coefficient (Wildman–Crippen LogP) is 3.62. The van der Waals surface area contributed by atoms with Crippen molar-refractivity contribution in [1.29, 1.82) is 0 Å². The molecule has 0 atom stereocenters. The fourth-order valence-corrected chi connectivity index (χ4v) is 3.47. The maximum Gasteiger partial charge on any atom is 0.0734 e. The first-order valence-electron chi connectivity index (χ1n) is 7.05. The van der Waals surface area contributed by atoms with Crippen molar-refractivity contribution in [2.24, 2.45) is 5.92 Å². The Balaban J connectivity index is 1.79. The van der Waals surface area contributed by atoms with Crippen molar-refractivity contribution in [3.05, 3.63) is 28.4 Å². The van der Waals surface area contributed by atoms with E-state index >= 15 is 0 Å². The number of hydrogen-bond acceptors (Lipinski definition) is 2. The van der Waals surface area contributed by atoms with Crippen molar-refractivity contribution in [2.75, 3.05) is 6.61 Å². The molecule has 4 heteroatoms. The molecule has 1 N–H and O–H groups in total. The monoisotopic (exact) mass is 320 g/mol. The molecular formula is C15H17BrN2O. The summed E-state index contributed by atoms with van der Waals surface area (Å²) in [6.45, 7) is 0.314. The van der Waals surface area contributed by atoms with Crippen molar-refractivity contribution in [3.8, 4) is 0 Å². The first-order valence-corrected chi connectivity index (χ1v) is 7.84. The van der Waals surface area contributed by atoms with E-state index in [1.54, 1.807) is 0 Å². The highest BCUT2D eigenvalue weighted by atomic mass is 79.9. The van der Waals surface area contributed by atoms with Gasteiger partial charge in [-0.2, -0.15) is 5.10 Å². The lowest BCUT2D eigenvalue weighted by atomic mass is 9.81. The van der Waals surface area contributed by atoms with Crippen LogP contribution < -0.4 is 0 Å². The van der Waals surface area contributed by atoms with Crippen LogP contribution in [-0.2, 0) is 0 Å². The zero-order chi connectivity index (χ0) is 13.0. The minimum Gasteiger partial charge on any atom is -0.396 e. The van der Waals surface area contributed by atoms with Gasteiger partial charge in [0.1, 0.15) is 0 Å². The molecule has 2 saturated carbocycles. The van der Waals surface area contributed by atoms with E-state index < -0.39 is 0 Å². The van der Waals surface area contributed by atoms with E-state index in [9.17, 15) is 5.11 Å². The maximum absolute atomic E-state index is 9.17. The third kappa shape index (κ3) is 1.93. The van der Waals surface area contributed by atoms with Crippen molar-refractivity contribution in [1.82, 2.24) is 9.78 Å². The number of aliphatic hydroxyl groups is 1. The molecule has 1 heterocycles. The van der Waals surface area contributed by atoms with Crippen LogP contribution in [0.2, 0.25) is 0 Å². The van der Waals surface area contributed by atoms with Gasteiger partial charge in [-0.3, -0.25) is 4.68 Å². The summed E-state index contributed by atoms with van der Waals surface area (Å²) < 4.78 is 3.32.